The Bertz CT molecular complexity index is 1650. The molecule has 15 nitrogen and oxygen atoms in total. The van der Waals surface area contributed by atoms with Crippen LogP contribution in [0.1, 0.15) is 61.8 Å². The molecule has 2 aromatic heterocycles. The first-order chi connectivity index (χ1) is 22.7. The van der Waals surface area contributed by atoms with Crippen molar-refractivity contribution in [3.8, 4) is 5.75 Å². The molecule has 4 atom stereocenters. The minimum absolute atomic E-state index is 0.140. The number of urea groups is 1. The topological polar surface area (TPSA) is 181 Å². The maximum absolute atomic E-state index is 14.3. The van der Waals surface area contributed by atoms with Crippen LogP contribution in [0.5, 0.6) is 5.75 Å². The summed E-state index contributed by atoms with van der Waals surface area (Å²) >= 11 is 0. The molecule has 264 valence electrons. The standard InChI is InChI=1S/C32H47N7O8S/c1-20-15-39(21(2)18-40)31(41)26-14-25(36-48(43,44)29-17-37(6)19-33-29)11-12-27(26)46-22(3)10-8-9-13-45-28(20)16-38(7)32(42)34-30-23(4)35-47-24(30)5/h11-12,14,17,19-22,28,36,40H,8-10,13,15-16,18H2,1-7H3,(H,34,42)/t20-,21+,22-,28+/m1/s1. The van der Waals surface area contributed by atoms with Gasteiger partial charge in [0.15, 0.2) is 10.8 Å². The first-order valence-corrected chi connectivity index (χ1v) is 17.5. The fourth-order valence-corrected chi connectivity index (χ4v) is 6.43. The van der Waals surface area contributed by atoms with Crippen LogP contribution in [-0.4, -0.2) is 102 Å². The summed E-state index contributed by atoms with van der Waals surface area (Å²) in [5, 5.41) is 16.8. The van der Waals surface area contributed by atoms with Gasteiger partial charge in [0.2, 0.25) is 0 Å². The number of anilines is 2. The summed E-state index contributed by atoms with van der Waals surface area (Å²) < 4.78 is 47.9. The van der Waals surface area contributed by atoms with Gasteiger partial charge in [0.05, 0.1) is 36.7 Å². The number of aliphatic hydroxyl groups is 1. The Balaban J connectivity index is 1.63. The van der Waals surface area contributed by atoms with Crippen LogP contribution in [0.25, 0.3) is 0 Å². The largest absolute Gasteiger partial charge is 0.490 e. The summed E-state index contributed by atoms with van der Waals surface area (Å²) in [4.78, 5) is 34.5. The molecule has 3 heterocycles. The highest BCUT2D eigenvalue weighted by Crippen LogP contribution is 2.29. The Morgan fingerprint density at radius 3 is 2.62 bits per heavy atom. The van der Waals surface area contributed by atoms with Crippen LogP contribution in [0.4, 0.5) is 16.2 Å². The third kappa shape index (κ3) is 9.05. The highest BCUT2D eigenvalue weighted by molar-refractivity contribution is 7.92. The van der Waals surface area contributed by atoms with Gasteiger partial charge in [-0.1, -0.05) is 12.1 Å². The number of carbonyl (C=O) groups is 2. The fraction of sp³-hybridized carbons (Fsp3) is 0.562. The number of rotatable bonds is 8. The number of amides is 3. The van der Waals surface area contributed by atoms with Crippen LogP contribution in [-0.2, 0) is 21.8 Å². The summed E-state index contributed by atoms with van der Waals surface area (Å²) in [6.07, 6.45) is 4.27. The first kappa shape index (κ1) is 36.7. The van der Waals surface area contributed by atoms with E-state index in [0.717, 1.165) is 12.8 Å². The molecule has 0 radical (unpaired) electrons. The summed E-state index contributed by atoms with van der Waals surface area (Å²) in [5.74, 6) is 0.0611. The number of imidazole rings is 1. The Labute approximate surface area is 281 Å². The van der Waals surface area contributed by atoms with Crippen molar-refractivity contribution in [1.29, 1.82) is 0 Å². The van der Waals surface area contributed by atoms with E-state index in [-0.39, 0.29) is 54.0 Å². The van der Waals surface area contributed by atoms with E-state index in [1.54, 1.807) is 40.9 Å². The van der Waals surface area contributed by atoms with E-state index in [4.69, 9.17) is 14.0 Å². The molecule has 1 aliphatic heterocycles. The predicted molar refractivity (Wildman–Crippen MR) is 179 cm³/mol. The molecule has 16 heteroatoms. The van der Waals surface area contributed by atoms with Gasteiger partial charge in [0, 0.05) is 51.6 Å². The first-order valence-electron chi connectivity index (χ1n) is 16.0. The number of nitrogens with zero attached hydrogens (tertiary/aromatic N) is 5. The number of benzene rings is 1. The van der Waals surface area contributed by atoms with E-state index in [1.165, 1.54) is 39.0 Å². The van der Waals surface area contributed by atoms with Gasteiger partial charge in [-0.15, -0.1) is 0 Å². The lowest BCUT2D eigenvalue weighted by atomic mass is 10.0. The van der Waals surface area contributed by atoms with Gasteiger partial charge < -0.3 is 38.8 Å². The summed E-state index contributed by atoms with van der Waals surface area (Å²) in [5.41, 5.74) is 1.37. The monoisotopic (exact) mass is 689 g/mol. The van der Waals surface area contributed by atoms with Crippen molar-refractivity contribution >= 4 is 33.3 Å². The van der Waals surface area contributed by atoms with Crippen LogP contribution in [0, 0.1) is 19.8 Å². The number of aryl methyl sites for hydroxylation is 3. The molecule has 0 fully saturated rings. The average molecular weight is 690 g/mol. The number of hydrogen-bond acceptors (Lipinski definition) is 10. The molecular weight excluding hydrogens is 642 g/mol. The molecule has 4 rings (SSSR count). The Kier molecular flexibility index (Phi) is 12.1. The Morgan fingerprint density at radius 2 is 1.98 bits per heavy atom. The van der Waals surface area contributed by atoms with Crippen LogP contribution in [0.2, 0.25) is 0 Å². The van der Waals surface area contributed by atoms with E-state index < -0.39 is 28.1 Å². The second kappa shape index (κ2) is 15.8. The van der Waals surface area contributed by atoms with Crippen molar-refractivity contribution in [2.45, 2.75) is 77.2 Å². The number of sulfonamides is 1. The Hall–Kier alpha value is -4.15. The molecule has 1 aliphatic rings. The van der Waals surface area contributed by atoms with Crippen LogP contribution < -0.4 is 14.8 Å². The van der Waals surface area contributed by atoms with Gasteiger partial charge in [-0.05, 0) is 65.2 Å². The summed E-state index contributed by atoms with van der Waals surface area (Å²) in [6.45, 7) is 9.54. The van der Waals surface area contributed by atoms with Crippen LogP contribution >= 0.6 is 0 Å². The van der Waals surface area contributed by atoms with E-state index in [2.05, 4.69) is 20.2 Å². The highest BCUT2D eigenvalue weighted by atomic mass is 32.2. The molecule has 3 N–H and O–H groups in total. The van der Waals surface area contributed by atoms with Gasteiger partial charge in [0.25, 0.3) is 15.9 Å². The highest BCUT2D eigenvalue weighted by Gasteiger charge is 2.31. The van der Waals surface area contributed by atoms with Crippen molar-refractivity contribution in [2.24, 2.45) is 13.0 Å². The third-order valence-electron chi connectivity index (χ3n) is 8.33. The van der Waals surface area contributed by atoms with E-state index in [9.17, 15) is 23.1 Å². The van der Waals surface area contributed by atoms with Crippen molar-refractivity contribution in [3.63, 3.8) is 0 Å². The maximum atomic E-state index is 14.3. The quantitative estimate of drug-likeness (QED) is 0.315. The molecule has 0 unspecified atom stereocenters. The number of aliphatic hydroxyl groups excluding tert-OH is 1. The van der Waals surface area contributed by atoms with Gasteiger partial charge >= 0.3 is 6.03 Å². The second-order valence-electron chi connectivity index (χ2n) is 12.5. The number of fused-ring (bicyclic) bond motifs is 1. The number of likely N-dealkylation sites (N-methyl/N-ethyl adjacent to an activating group) is 1. The molecule has 0 aliphatic carbocycles. The van der Waals surface area contributed by atoms with Gasteiger partial charge in [-0.25, -0.2) is 9.78 Å². The number of ether oxygens (including phenoxy) is 2. The average Bonchev–Trinajstić information content (AvgIpc) is 3.63. The molecule has 1 aromatic carbocycles. The smallest absolute Gasteiger partial charge is 0.321 e. The zero-order chi connectivity index (χ0) is 35.2. The SMILES string of the molecule is Cc1noc(C)c1NC(=O)N(C)C[C@@H]1OCCCC[C@@H](C)Oc2ccc(NS(=O)(=O)c3cn(C)cn3)cc2C(=O)N([C@@H](C)CO)C[C@H]1C. The molecular formula is C32H47N7O8S. The van der Waals surface area contributed by atoms with Crippen LogP contribution in [0.3, 0.4) is 0 Å². The van der Waals surface area contributed by atoms with Crippen molar-refractivity contribution < 1.29 is 37.1 Å². The number of carbonyl (C=O) groups excluding carboxylic acids is 2. The number of nitrogens with one attached hydrogen (secondary N) is 2. The van der Waals surface area contributed by atoms with Crippen molar-refractivity contribution in [2.75, 3.05) is 43.4 Å². The van der Waals surface area contributed by atoms with E-state index >= 15 is 0 Å². The Morgan fingerprint density at radius 1 is 1.23 bits per heavy atom. The zero-order valence-electron chi connectivity index (χ0n) is 28.6. The molecule has 0 bridgehead atoms. The minimum atomic E-state index is -4.04. The normalized spacial score (nSPS) is 20.3. The van der Waals surface area contributed by atoms with Gasteiger partial charge in [-0.2, -0.15) is 8.42 Å². The lowest BCUT2D eigenvalue weighted by molar-refractivity contribution is -0.0115. The minimum Gasteiger partial charge on any atom is -0.490 e. The second-order valence-corrected chi connectivity index (χ2v) is 14.1. The van der Waals surface area contributed by atoms with Gasteiger partial charge in [0.1, 0.15) is 17.1 Å². The molecule has 0 spiro atoms. The molecule has 3 aromatic rings. The van der Waals surface area contributed by atoms with Crippen molar-refractivity contribution in [3.05, 3.63) is 47.7 Å². The fourth-order valence-electron chi connectivity index (χ4n) is 5.40. The third-order valence-corrected chi connectivity index (χ3v) is 9.59. The van der Waals surface area contributed by atoms with Gasteiger partial charge in [-0.3, -0.25) is 9.52 Å². The maximum Gasteiger partial charge on any atom is 0.321 e. The predicted octanol–water partition coefficient (Wildman–Crippen LogP) is 3.79. The lowest BCUT2D eigenvalue weighted by Gasteiger charge is -2.35. The van der Waals surface area contributed by atoms with Crippen LogP contribution in [0.15, 0.2) is 40.3 Å². The number of aromatic nitrogens is 3. The molecule has 0 saturated carbocycles. The van der Waals surface area contributed by atoms with E-state index in [1.807, 2.05) is 13.8 Å². The lowest BCUT2D eigenvalue weighted by Crippen LogP contribution is -2.48. The van der Waals surface area contributed by atoms with Crippen molar-refractivity contribution in [1.82, 2.24) is 24.5 Å². The molecule has 0 saturated heterocycles. The molecule has 48 heavy (non-hydrogen) atoms. The van der Waals surface area contributed by atoms with E-state index in [0.29, 0.717) is 35.9 Å². The number of hydrogen-bond donors (Lipinski definition) is 3. The zero-order valence-corrected chi connectivity index (χ0v) is 29.4. The summed E-state index contributed by atoms with van der Waals surface area (Å²) in [6, 6.07) is 3.60. The summed E-state index contributed by atoms with van der Waals surface area (Å²) in [7, 11) is -0.711. The molecule has 3 amide bonds.